The zero-order valence-corrected chi connectivity index (χ0v) is 13.5. The Morgan fingerprint density at radius 1 is 1.33 bits per heavy atom. The molecule has 21 heavy (non-hydrogen) atoms. The topological polar surface area (TPSA) is 53.5 Å². The van der Waals surface area contributed by atoms with Crippen LogP contribution in [0.1, 0.15) is 49.9 Å². The van der Waals surface area contributed by atoms with Gasteiger partial charge in [0.1, 0.15) is 17.1 Å². The second-order valence-electron chi connectivity index (χ2n) is 5.97. The van der Waals surface area contributed by atoms with Crippen molar-refractivity contribution in [1.82, 2.24) is 14.8 Å². The summed E-state index contributed by atoms with van der Waals surface area (Å²) in [7, 11) is 0. The standard InChI is InChI=1S/C15H21N3O2S/c1-9-8-21-13(16-9)10(2)18-11(3)14(19)17-7-5-4-6-12(17)15(18)20/h8,10-12H,4-7H2,1-3H3. The van der Waals surface area contributed by atoms with E-state index in [2.05, 4.69) is 4.98 Å². The molecule has 1 aromatic rings. The summed E-state index contributed by atoms with van der Waals surface area (Å²) in [6.07, 6.45) is 2.81. The Morgan fingerprint density at radius 3 is 2.76 bits per heavy atom. The summed E-state index contributed by atoms with van der Waals surface area (Å²) in [5, 5.41) is 2.89. The number of piperazine rings is 1. The number of fused-ring (bicyclic) bond motifs is 1. The van der Waals surface area contributed by atoms with Crippen molar-refractivity contribution in [2.75, 3.05) is 6.54 Å². The summed E-state index contributed by atoms with van der Waals surface area (Å²) in [6, 6.07) is -0.795. The maximum atomic E-state index is 12.8. The van der Waals surface area contributed by atoms with Crippen LogP contribution in [-0.2, 0) is 9.59 Å². The highest BCUT2D eigenvalue weighted by Crippen LogP contribution is 2.33. The molecule has 3 atom stereocenters. The number of piperidine rings is 1. The molecule has 2 fully saturated rings. The minimum atomic E-state index is -0.397. The van der Waals surface area contributed by atoms with Crippen molar-refractivity contribution in [2.24, 2.45) is 0 Å². The van der Waals surface area contributed by atoms with Gasteiger partial charge in [-0.1, -0.05) is 0 Å². The summed E-state index contributed by atoms with van der Waals surface area (Å²) >= 11 is 1.56. The third-order valence-electron chi connectivity index (χ3n) is 4.51. The molecule has 3 heterocycles. The quantitative estimate of drug-likeness (QED) is 0.841. The summed E-state index contributed by atoms with van der Waals surface area (Å²) in [5.74, 6) is 0.168. The van der Waals surface area contributed by atoms with Crippen LogP contribution in [0, 0.1) is 6.92 Å². The lowest BCUT2D eigenvalue weighted by molar-refractivity contribution is -0.165. The SMILES string of the molecule is Cc1csc(C(C)N2C(=O)C3CCCCN3C(=O)C2C)n1. The fraction of sp³-hybridized carbons (Fsp3) is 0.667. The predicted octanol–water partition coefficient (Wildman–Crippen LogP) is 2.12. The molecule has 114 valence electrons. The van der Waals surface area contributed by atoms with E-state index in [-0.39, 0.29) is 23.9 Å². The van der Waals surface area contributed by atoms with Crippen molar-refractivity contribution in [3.8, 4) is 0 Å². The van der Waals surface area contributed by atoms with Crippen molar-refractivity contribution in [3.63, 3.8) is 0 Å². The Balaban J connectivity index is 1.90. The first kappa shape index (κ1) is 14.5. The van der Waals surface area contributed by atoms with Crippen LogP contribution in [-0.4, -0.2) is 45.2 Å². The van der Waals surface area contributed by atoms with E-state index in [0.717, 1.165) is 36.5 Å². The van der Waals surface area contributed by atoms with E-state index in [1.807, 2.05) is 26.2 Å². The van der Waals surface area contributed by atoms with E-state index in [1.54, 1.807) is 21.1 Å². The molecule has 0 bridgehead atoms. The van der Waals surface area contributed by atoms with Gasteiger partial charge in [0, 0.05) is 17.6 Å². The van der Waals surface area contributed by atoms with E-state index in [1.165, 1.54) is 0 Å². The molecule has 5 nitrogen and oxygen atoms in total. The van der Waals surface area contributed by atoms with Crippen molar-refractivity contribution in [1.29, 1.82) is 0 Å². The number of hydrogen-bond donors (Lipinski definition) is 0. The van der Waals surface area contributed by atoms with E-state index in [0.29, 0.717) is 0 Å². The van der Waals surface area contributed by atoms with Crippen LogP contribution < -0.4 is 0 Å². The molecule has 2 amide bonds. The van der Waals surface area contributed by atoms with Crippen LogP contribution in [0.4, 0.5) is 0 Å². The molecule has 2 aliphatic rings. The molecule has 6 heteroatoms. The first-order valence-electron chi connectivity index (χ1n) is 7.55. The fourth-order valence-electron chi connectivity index (χ4n) is 3.38. The molecule has 3 rings (SSSR count). The zero-order valence-electron chi connectivity index (χ0n) is 12.7. The van der Waals surface area contributed by atoms with Gasteiger partial charge in [0.15, 0.2) is 0 Å². The molecule has 0 aliphatic carbocycles. The molecule has 1 aromatic heterocycles. The van der Waals surface area contributed by atoms with Gasteiger partial charge in [0.25, 0.3) is 0 Å². The number of rotatable bonds is 2. The van der Waals surface area contributed by atoms with Gasteiger partial charge in [-0.3, -0.25) is 9.59 Å². The van der Waals surface area contributed by atoms with Crippen LogP contribution in [0.2, 0.25) is 0 Å². The van der Waals surface area contributed by atoms with Gasteiger partial charge in [-0.05, 0) is 40.0 Å². The number of aryl methyl sites for hydroxylation is 1. The molecule has 0 N–H and O–H groups in total. The molecule has 0 aromatic carbocycles. The minimum Gasteiger partial charge on any atom is -0.329 e. The molecule has 0 radical (unpaired) electrons. The van der Waals surface area contributed by atoms with Gasteiger partial charge >= 0.3 is 0 Å². The van der Waals surface area contributed by atoms with E-state index >= 15 is 0 Å². The molecule has 2 aliphatic heterocycles. The first-order chi connectivity index (χ1) is 10.0. The molecule has 3 unspecified atom stereocenters. The highest BCUT2D eigenvalue weighted by molar-refractivity contribution is 7.09. The lowest BCUT2D eigenvalue weighted by atomic mass is 9.95. The largest absolute Gasteiger partial charge is 0.329 e. The summed E-state index contributed by atoms with van der Waals surface area (Å²) in [5.41, 5.74) is 0.963. The summed E-state index contributed by atoms with van der Waals surface area (Å²) < 4.78 is 0. The molecule has 0 spiro atoms. The average Bonchev–Trinajstić information content (AvgIpc) is 2.91. The van der Waals surface area contributed by atoms with Crippen molar-refractivity contribution in [3.05, 3.63) is 16.1 Å². The normalized spacial score (nSPS) is 27.8. The van der Waals surface area contributed by atoms with Crippen LogP contribution in [0.15, 0.2) is 5.38 Å². The third-order valence-corrected chi connectivity index (χ3v) is 5.64. The van der Waals surface area contributed by atoms with Crippen LogP contribution in [0.5, 0.6) is 0 Å². The average molecular weight is 307 g/mol. The van der Waals surface area contributed by atoms with Gasteiger partial charge < -0.3 is 9.80 Å². The third kappa shape index (κ3) is 2.35. The molecule has 0 saturated carbocycles. The smallest absolute Gasteiger partial charge is 0.246 e. The van der Waals surface area contributed by atoms with Gasteiger partial charge in [0.2, 0.25) is 11.8 Å². The molecular formula is C15H21N3O2S. The Labute approximate surface area is 129 Å². The van der Waals surface area contributed by atoms with Gasteiger partial charge in [0.05, 0.1) is 6.04 Å². The number of hydrogen-bond acceptors (Lipinski definition) is 4. The van der Waals surface area contributed by atoms with Crippen LogP contribution in [0.25, 0.3) is 0 Å². The van der Waals surface area contributed by atoms with Gasteiger partial charge in [-0.25, -0.2) is 4.98 Å². The summed E-state index contributed by atoms with van der Waals surface area (Å²) in [6.45, 7) is 6.47. The van der Waals surface area contributed by atoms with Crippen molar-refractivity contribution >= 4 is 23.2 Å². The van der Waals surface area contributed by atoms with Gasteiger partial charge in [-0.2, -0.15) is 0 Å². The van der Waals surface area contributed by atoms with E-state index < -0.39 is 6.04 Å². The second kappa shape index (κ2) is 5.40. The lowest BCUT2D eigenvalue weighted by Crippen LogP contribution is -2.65. The number of thiazole rings is 1. The number of nitrogens with zero attached hydrogens (tertiary/aromatic N) is 3. The maximum Gasteiger partial charge on any atom is 0.246 e. The highest BCUT2D eigenvalue weighted by atomic mass is 32.1. The Hall–Kier alpha value is -1.43. The molecule has 2 saturated heterocycles. The van der Waals surface area contributed by atoms with Crippen LogP contribution in [0.3, 0.4) is 0 Å². The van der Waals surface area contributed by atoms with E-state index in [9.17, 15) is 9.59 Å². The fourth-order valence-corrected chi connectivity index (χ4v) is 4.23. The predicted molar refractivity (Wildman–Crippen MR) is 80.9 cm³/mol. The van der Waals surface area contributed by atoms with Crippen molar-refractivity contribution in [2.45, 2.75) is 58.2 Å². The van der Waals surface area contributed by atoms with Gasteiger partial charge in [-0.15, -0.1) is 11.3 Å². The monoisotopic (exact) mass is 307 g/mol. The Bertz CT molecular complexity index is 571. The number of carbonyl (C=O) groups excluding carboxylic acids is 2. The Kier molecular flexibility index (Phi) is 3.73. The van der Waals surface area contributed by atoms with Crippen molar-refractivity contribution < 1.29 is 9.59 Å². The van der Waals surface area contributed by atoms with Crippen LogP contribution >= 0.6 is 11.3 Å². The number of amides is 2. The Morgan fingerprint density at radius 2 is 2.10 bits per heavy atom. The minimum absolute atomic E-state index is 0.0828. The van der Waals surface area contributed by atoms with E-state index in [4.69, 9.17) is 0 Å². The summed E-state index contributed by atoms with van der Waals surface area (Å²) in [4.78, 5) is 33.4. The molecular weight excluding hydrogens is 286 g/mol. The second-order valence-corrected chi connectivity index (χ2v) is 6.86. The number of carbonyl (C=O) groups is 2. The first-order valence-corrected chi connectivity index (χ1v) is 8.43. The number of aromatic nitrogens is 1. The zero-order chi connectivity index (χ0) is 15.1. The highest BCUT2D eigenvalue weighted by Gasteiger charge is 2.46. The lowest BCUT2D eigenvalue weighted by Gasteiger charge is -2.47. The maximum absolute atomic E-state index is 12.8.